The van der Waals surface area contributed by atoms with Crippen LogP contribution in [0.5, 0.6) is 5.75 Å². The first-order valence-corrected chi connectivity index (χ1v) is 12.3. The lowest BCUT2D eigenvalue weighted by Gasteiger charge is -2.39. The second-order valence-corrected chi connectivity index (χ2v) is 10.3. The maximum absolute atomic E-state index is 14.5. The first-order valence-electron chi connectivity index (χ1n) is 10.9. The van der Waals surface area contributed by atoms with Crippen molar-refractivity contribution in [2.75, 3.05) is 25.6 Å². The van der Waals surface area contributed by atoms with Crippen LogP contribution in [0.25, 0.3) is 11.1 Å². The summed E-state index contributed by atoms with van der Waals surface area (Å²) in [6.07, 6.45) is 0.572. The summed E-state index contributed by atoms with van der Waals surface area (Å²) < 4.78 is 48.2. The number of ether oxygens (including phenoxy) is 1. The van der Waals surface area contributed by atoms with Gasteiger partial charge in [0.1, 0.15) is 16.5 Å². The molecule has 2 N–H and O–H groups in total. The monoisotopic (exact) mass is 468 g/mol. The third-order valence-corrected chi connectivity index (χ3v) is 8.58. The minimum absolute atomic E-state index is 0.117. The summed E-state index contributed by atoms with van der Waals surface area (Å²) in [4.78, 5) is -0.322. The Labute approximate surface area is 192 Å². The third kappa shape index (κ3) is 3.68. The van der Waals surface area contributed by atoms with Gasteiger partial charge in [-0.25, -0.2) is 12.8 Å². The molecule has 6 nitrogen and oxygen atoms in total. The van der Waals surface area contributed by atoms with E-state index in [1.807, 2.05) is 42.5 Å². The van der Waals surface area contributed by atoms with Crippen LogP contribution in [0.1, 0.15) is 18.0 Å². The van der Waals surface area contributed by atoms with E-state index in [2.05, 4.69) is 5.32 Å². The topological polar surface area (TPSA) is 78.9 Å². The molecular weight excluding hydrogens is 443 g/mol. The van der Waals surface area contributed by atoms with Crippen molar-refractivity contribution in [2.45, 2.75) is 23.4 Å². The molecule has 0 saturated carbocycles. The van der Waals surface area contributed by atoms with Crippen molar-refractivity contribution >= 4 is 15.7 Å². The number of sulfonamides is 1. The van der Waals surface area contributed by atoms with Crippen molar-refractivity contribution in [3.05, 3.63) is 78.1 Å². The van der Waals surface area contributed by atoms with Gasteiger partial charge in [0, 0.05) is 18.2 Å². The van der Waals surface area contributed by atoms with E-state index in [0.717, 1.165) is 34.2 Å². The average molecular weight is 469 g/mol. The highest BCUT2D eigenvalue weighted by Crippen LogP contribution is 2.49. The van der Waals surface area contributed by atoms with E-state index in [9.17, 15) is 17.9 Å². The van der Waals surface area contributed by atoms with E-state index < -0.39 is 21.9 Å². The van der Waals surface area contributed by atoms with Crippen molar-refractivity contribution in [3.8, 4) is 16.9 Å². The fraction of sp³-hybridized carbons (Fsp3) is 0.280. The Kier molecular flexibility index (Phi) is 5.60. The lowest BCUT2D eigenvalue weighted by atomic mass is 9.82. The molecule has 0 spiro atoms. The first-order chi connectivity index (χ1) is 15.9. The summed E-state index contributed by atoms with van der Waals surface area (Å²) >= 11 is 0. The number of halogens is 1. The van der Waals surface area contributed by atoms with Crippen molar-refractivity contribution in [3.63, 3.8) is 0 Å². The summed E-state index contributed by atoms with van der Waals surface area (Å²) in [5.41, 5.74) is 3.52. The van der Waals surface area contributed by atoms with E-state index in [4.69, 9.17) is 4.74 Å². The van der Waals surface area contributed by atoms with E-state index in [-0.39, 0.29) is 30.0 Å². The predicted octanol–water partition coefficient (Wildman–Crippen LogP) is 4.04. The fourth-order valence-electron chi connectivity index (χ4n) is 5.03. The number of aliphatic hydroxyl groups excluding tert-OH is 1. The number of methoxy groups -OCH3 is 1. The van der Waals surface area contributed by atoms with E-state index in [0.29, 0.717) is 6.42 Å². The number of fused-ring (bicyclic) bond motifs is 3. The number of benzene rings is 3. The molecule has 3 aromatic carbocycles. The van der Waals surface area contributed by atoms with Gasteiger partial charge < -0.3 is 15.2 Å². The summed E-state index contributed by atoms with van der Waals surface area (Å²) in [6, 6.07) is 18.2. The molecule has 33 heavy (non-hydrogen) atoms. The van der Waals surface area contributed by atoms with Gasteiger partial charge in [0.05, 0.1) is 25.8 Å². The largest absolute Gasteiger partial charge is 0.497 e. The molecule has 1 fully saturated rings. The van der Waals surface area contributed by atoms with Crippen molar-refractivity contribution in [1.82, 2.24) is 4.31 Å². The van der Waals surface area contributed by atoms with Crippen LogP contribution in [0.15, 0.2) is 71.6 Å². The Bertz CT molecular complexity index is 1280. The Morgan fingerprint density at radius 3 is 2.52 bits per heavy atom. The van der Waals surface area contributed by atoms with Crippen LogP contribution in [0, 0.1) is 11.7 Å². The number of hydrogen-bond acceptors (Lipinski definition) is 5. The smallest absolute Gasteiger partial charge is 0.246 e. The van der Waals surface area contributed by atoms with Gasteiger partial charge in [0.25, 0.3) is 0 Å². The average Bonchev–Trinajstić information content (AvgIpc) is 3.30. The van der Waals surface area contributed by atoms with Gasteiger partial charge in [-0.3, -0.25) is 0 Å². The van der Waals surface area contributed by atoms with Crippen molar-refractivity contribution in [1.29, 1.82) is 0 Å². The maximum Gasteiger partial charge on any atom is 0.246 e. The first kappa shape index (κ1) is 21.9. The molecule has 0 radical (unpaired) electrons. The zero-order valence-corrected chi connectivity index (χ0v) is 18.9. The molecule has 1 saturated heterocycles. The predicted molar refractivity (Wildman–Crippen MR) is 124 cm³/mol. The van der Waals surface area contributed by atoms with E-state index >= 15 is 0 Å². The standard InChI is InChI=1S/C25H25FN2O4S/c1-32-18-9-6-16(7-10-18)17-8-11-22-20(14-17)25-19(23(15-29)27-22)12-13-28(25)33(30,31)24-5-3-2-4-21(24)26/h2-11,14,19,23,25,27,29H,12-13,15H2,1H3/t19-,23-,25-/m1/s1. The molecule has 2 heterocycles. The van der Waals surface area contributed by atoms with Gasteiger partial charge in [0.2, 0.25) is 10.0 Å². The molecule has 0 aliphatic carbocycles. The van der Waals surface area contributed by atoms with Crippen LogP contribution in [-0.2, 0) is 10.0 Å². The van der Waals surface area contributed by atoms with Crippen LogP contribution in [0.2, 0.25) is 0 Å². The molecule has 0 unspecified atom stereocenters. The molecule has 0 bridgehead atoms. The zero-order chi connectivity index (χ0) is 23.2. The SMILES string of the molecule is COc1ccc(-c2ccc3c(c2)[C@H]2[C@H](CCN2S(=O)(=O)c2ccccc2F)[C@@H](CO)N3)cc1. The van der Waals surface area contributed by atoms with Gasteiger partial charge in [-0.15, -0.1) is 0 Å². The van der Waals surface area contributed by atoms with Crippen LogP contribution >= 0.6 is 0 Å². The van der Waals surface area contributed by atoms with Crippen molar-refractivity contribution in [2.24, 2.45) is 5.92 Å². The summed E-state index contributed by atoms with van der Waals surface area (Å²) in [5.74, 6) is -0.141. The molecule has 2 aliphatic rings. The minimum Gasteiger partial charge on any atom is -0.497 e. The highest BCUT2D eigenvalue weighted by atomic mass is 32.2. The number of nitrogens with one attached hydrogen (secondary N) is 1. The van der Waals surface area contributed by atoms with E-state index in [1.54, 1.807) is 7.11 Å². The Morgan fingerprint density at radius 2 is 1.82 bits per heavy atom. The van der Waals surface area contributed by atoms with Gasteiger partial charge in [-0.05, 0) is 59.5 Å². The fourth-order valence-corrected chi connectivity index (χ4v) is 6.77. The lowest BCUT2D eigenvalue weighted by molar-refractivity contribution is 0.210. The molecule has 172 valence electrons. The lowest BCUT2D eigenvalue weighted by Crippen LogP contribution is -2.43. The van der Waals surface area contributed by atoms with Crippen LogP contribution in [0.3, 0.4) is 0 Å². The zero-order valence-electron chi connectivity index (χ0n) is 18.1. The molecule has 0 aromatic heterocycles. The highest BCUT2D eigenvalue weighted by molar-refractivity contribution is 7.89. The molecule has 8 heteroatoms. The summed E-state index contributed by atoms with van der Waals surface area (Å²) in [5, 5.41) is 13.4. The van der Waals surface area contributed by atoms with Crippen LogP contribution < -0.4 is 10.1 Å². The third-order valence-electron chi connectivity index (χ3n) is 6.67. The normalized spacial score (nSPS) is 22.3. The van der Waals surface area contributed by atoms with Gasteiger partial charge in [0.15, 0.2) is 0 Å². The van der Waals surface area contributed by atoms with E-state index in [1.165, 1.54) is 22.5 Å². The van der Waals surface area contributed by atoms with Gasteiger partial charge in [-0.2, -0.15) is 4.31 Å². The van der Waals surface area contributed by atoms with Crippen molar-refractivity contribution < 1.29 is 22.7 Å². The second-order valence-electron chi connectivity index (χ2n) is 8.41. The number of anilines is 1. The summed E-state index contributed by atoms with van der Waals surface area (Å²) in [6.45, 7) is 0.144. The molecule has 0 amide bonds. The molecule has 3 aromatic rings. The van der Waals surface area contributed by atoms with Crippen LogP contribution in [0.4, 0.5) is 10.1 Å². The number of nitrogens with zero attached hydrogens (tertiary/aromatic N) is 1. The number of rotatable bonds is 5. The number of aliphatic hydroxyl groups is 1. The Hall–Kier alpha value is -2.94. The Morgan fingerprint density at radius 1 is 1.09 bits per heavy atom. The maximum atomic E-state index is 14.5. The number of hydrogen-bond donors (Lipinski definition) is 2. The molecule has 3 atom stereocenters. The van der Waals surface area contributed by atoms with Gasteiger partial charge in [-0.1, -0.05) is 30.3 Å². The Balaban J connectivity index is 1.60. The molecular formula is C25H25FN2O4S. The highest BCUT2D eigenvalue weighted by Gasteiger charge is 2.49. The molecule has 5 rings (SSSR count). The molecule has 2 aliphatic heterocycles. The van der Waals surface area contributed by atoms with Crippen LogP contribution in [-0.4, -0.2) is 44.1 Å². The quantitative estimate of drug-likeness (QED) is 0.591. The second kappa shape index (κ2) is 8.44. The summed E-state index contributed by atoms with van der Waals surface area (Å²) in [7, 11) is -2.46. The van der Waals surface area contributed by atoms with Gasteiger partial charge >= 0.3 is 0 Å². The minimum atomic E-state index is -4.07.